The lowest BCUT2D eigenvalue weighted by Gasteiger charge is -2.12. The molecule has 6 rings (SSSR count). The number of nitrogens with one attached hydrogen (secondary N) is 2. The molecule has 0 atom stereocenters. The Labute approximate surface area is 295 Å². The van der Waals surface area contributed by atoms with E-state index in [4.69, 9.17) is 35.6 Å². The first-order chi connectivity index (χ1) is 24.2. The Morgan fingerprint density at radius 2 is 1.80 bits per heavy atom. The van der Waals surface area contributed by atoms with Crippen molar-refractivity contribution in [1.82, 2.24) is 20.1 Å². The van der Waals surface area contributed by atoms with Crippen LogP contribution in [0.25, 0.3) is 32.8 Å². The molecule has 0 amide bonds. The highest BCUT2D eigenvalue weighted by Gasteiger charge is 2.25. The van der Waals surface area contributed by atoms with E-state index in [0.29, 0.717) is 49.0 Å². The van der Waals surface area contributed by atoms with Crippen LogP contribution in [0.3, 0.4) is 0 Å². The van der Waals surface area contributed by atoms with E-state index in [1.54, 1.807) is 27.2 Å². The minimum atomic E-state index is -0.434. The summed E-state index contributed by atoms with van der Waals surface area (Å²) in [5, 5.41) is 11.4. The Morgan fingerprint density at radius 3 is 2.58 bits per heavy atom. The van der Waals surface area contributed by atoms with Gasteiger partial charge in [-0.1, -0.05) is 35.9 Å². The number of ether oxygens (including phenoxy) is 4. The molecule has 9 nitrogen and oxygen atoms in total. The molecule has 2 heterocycles. The number of aromatic amines is 1. The quantitative estimate of drug-likeness (QED) is 0.0872. The topological polar surface area (TPSA) is 99.6 Å². The zero-order valence-electron chi connectivity index (χ0n) is 28.8. The van der Waals surface area contributed by atoms with Crippen LogP contribution in [0, 0.1) is 12.7 Å². The molecule has 2 aromatic heterocycles. The van der Waals surface area contributed by atoms with Crippen molar-refractivity contribution in [3.8, 4) is 28.4 Å². The molecule has 0 spiro atoms. The second-order valence-corrected chi connectivity index (χ2v) is 12.3. The van der Waals surface area contributed by atoms with Crippen molar-refractivity contribution < 1.29 is 28.1 Å². The maximum atomic E-state index is 13.8. The summed E-state index contributed by atoms with van der Waals surface area (Å²) >= 11 is 6.98. The number of carbonyl (C=O) groups excluding carboxylic acids is 1. The van der Waals surface area contributed by atoms with Crippen LogP contribution in [-0.4, -0.2) is 48.2 Å². The number of hydrogen-bond donors (Lipinski definition) is 2. The van der Waals surface area contributed by atoms with Crippen LogP contribution >= 0.6 is 11.6 Å². The number of benzene rings is 4. The zero-order chi connectivity index (χ0) is 35.4. The van der Waals surface area contributed by atoms with Gasteiger partial charge in [-0.3, -0.25) is 4.68 Å². The van der Waals surface area contributed by atoms with E-state index in [9.17, 15) is 9.18 Å². The summed E-state index contributed by atoms with van der Waals surface area (Å²) in [6, 6.07) is 19.8. The summed E-state index contributed by atoms with van der Waals surface area (Å²) in [7, 11) is 5.16. The molecule has 0 aliphatic rings. The van der Waals surface area contributed by atoms with E-state index in [1.165, 1.54) is 12.1 Å². The molecule has 0 fully saturated rings. The van der Waals surface area contributed by atoms with E-state index in [2.05, 4.69) is 10.3 Å². The highest BCUT2D eigenvalue weighted by molar-refractivity contribution is 6.35. The molecular weight excluding hydrogens is 659 g/mol. The Hall–Kier alpha value is -5.06. The van der Waals surface area contributed by atoms with Crippen LogP contribution in [0.2, 0.25) is 5.02 Å². The van der Waals surface area contributed by atoms with Crippen molar-refractivity contribution in [3.05, 3.63) is 106 Å². The first-order valence-corrected chi connectivity index (χ1v) is 16.9. The third kappa shape index (κ3) is 6.99. The molecule has 11 heteroatoms. The number of hydrogen-bond acceptors (Lipinski definition) is 7. The summed E-state index contributed by atoms with van der Waals surface area (Å²) in [4.78, 5) is 16.7. The third-order valence-electron chi connectivity index (χ3n) is 8.90. The number of nitrogens with zero attached hydrogens (tertiary/aromatic N) is 2. The van der Waals surface area contributed by atoms with Crippen LogP contribution in [0.15, 0.2) is 66.7 Å². The predicted molar refractivity (Wildman–Crippen MR) is 194 cm³/mol. The number of aromatic nitrogens is 3. The number of carbonyl (C=O) groups is 1. The summed E-state index contributed by atoms with van der Waals surface area (Å²) in [6.45, 7) is 5.41. The minimum absolute atomic E-state index is 0.239. The Kier molecular flexibility index (Phi) is 10.6. The molecule has 0 radical (unpaired) electrons. The van der Waals surface area contributed by atoms with Gasteiger partial charge >= 0.3 is 5.97 Å². The summed E-state index contributed by atoms with van der Waals surface area (Å²) in [5.41, 5.74) is 6.32. The molecule has 50 heavy (non-hydrogen) atoms. The predicted octanol–water partition coefficient (Wildman–Crippen LogP) is 8.32. The molecule has 0 bridgehead atoms. The third-order valence-corrected chi connectivity index (χ3v) is 9.22. The van der Waals surface area contributed by atoms with Gasteiger partial charge < -0.3 is 29.2 Å². The SMILES string of the molecule is CCOC(=O)c1[nH]c2c(-c3c(CNCc4ccc(OC)cc4OC)nn(C)c3C)c(Cl)ccc2c1CCCOc1cccc2cc(F)ccc12. The molecule has 0 saturated carbocycles. The van der Waals surface area contributed by atoms with Crippen molar-refractivity contribution in [2.45, 2.75) is 39.8 Å². The lowest BCUT2D eigenvalue weighted by Crippen LogP contribution is -2.14. The summed E-state index contributed by atoms with van der Waals surface area (Å²) in [6.07, 6.45) is 1.16. The maximum absolute atomic E-state index is 13.8. The fourth-order valence-corrected chi connectivity index (χ4v) is 6.65. The van der Waals surface area contributed by atoms with Gasteiger partial charge in [-0.05, 0) is 74.0 Å². The molecule has 4 aromatic carbocycles. The van der Waals surface area contributed by atoms with Gasteiger partial charge in [0.15, 0.2) is 0 Å². The first kappa shape index (κ1) is 34.8. The number of esters is 1. The number of halogens is 2. The minimum Gasteiger partial charge on any atom is -0.497 e. The van der Waals surface area contributed by atoms with Crippen LogP contribution < -0.4 is 19.5 Å². The van der Waals surface area contributed by atoms with Crippen LogP contribution in [0.4, 0.5) is 4.39 Å². The van der Waals surface area contributed by atoms with E-state index >= 15 is 0 Å². The Bertz CT molecular complexity index is 2180. The van der Waals surface area contributed by atoms with Crippen molar-refractivity contribution in [2.75, 3.05) is 27.4 Å². The zero-order valence-corrected chi connectivity index (χ0v) is 29.5. The highest BCUT2D eigenvalue weighted by Crippen LogP contribution is 2.41. The van der Waals surface area contributed by atoms with Crippen LogP contribution in [-0.2, 0) is 31.3 Å². The standard InChI is InChI=1S/C39H40ClFN4O5/c1-6-49-39(46)38-29(10-8-18-50-33-11-7-9-24-19-26(41)13-15-28(24)33)30-16-17-31(40)36(37(30)43-38)35-23(2)45(3)44-32(35)22-42-21-25-12-14-27(47-4)20-34(25)48-5/h7,9,11-17,19-20,42-43H,6,8,10,18,21-22H2,1-5H3. The number of fused-ring (bicyclic) bond motifs is 2. The molecule has 0 aliphatic heterocycles. The van der Waals surface area contributed by atoms with Crippen molar-refractivity contribution in [2.24, 2.45) is 7.05 Å². The fourth-order valence-electron chi connectivity index (χ4n) is 6.40. The smallest absolute Gasteiger partial charge is 0.355 e. The van der Waals surface area contributed by atoms with Crippen molar-refractivity contribution in [3.63, 3.8) is 0 Å². The average molecular weight is 699 g/mol. The van der Waals surface area contributed by atoms with E-state index < -0.39 is 5.97 Å². The highest BCUT2D eigenvalue weighted by atomic mass is 35.5. The summed E-state index contributed by atoms with van der Waals surface area (Å²) in [5.74, 6) is 1.40. The molecule has 0 unspecified atom stereocenters. The van der Waals surface area contributed by atoms with E-state index in [1.807, 2.05) is 67.2 Å². The Morgan fingerprint density at radius 1 is 0.980 bits per heavy atom. The maximum Gasteiger partial charge on any atom is 0.355 e. The van der Waals surface area contributed by atoms with Gasteiger partial charge in [0.1, 0.15) is 28.8 Å². The number of aryl methyl sites for hydroxylation is 2. The second-order valence-electron chi connectivity index (χ2n) is 11.9. The van der Waals surface area contributed by atoms with Crippen molar-refractivity contribution in [1.29, 1.82) is 0 Å². The normalized spacial score (nSPS) is 11.3. The van der Waals surface area contributed by atoms with Gasteiger partial charge in [-0.25, -0.2) is 9.18 Å². The molecule has 0 saturated heterocycles. The van der Waals surface area contributed by atoms with Crippen LogP contribution in [0.1, 0.15) is 46.3 Å². The van der Waals surface area contributed by atoms with E-state index in [0.717, 1.165) is 66.8 Å². The second kappa shape index (κ2) is 15.2. The van der Waals surface area contributed by atoms with Gasteiger partial charge in [0.2, 0.25) is 0 Å². The van der Waals surface area contributed by atoms with Gasteiger partial charge in [-0.15, -0.1) is 0 Å². The van der Waals surface area contributed by atoms with Crippen molar-refractivity contribution >= 4 is 39.2 Å². The molecule has 6 aromatic rings. The monoisotopic (exact) mass is 698 g/mol. The van der Waals surface area contributed by atoms with E-state index in [-0.39, 0.29) is 12.4 Å². The number of H-pyrrole nitrogens is 1. The van der Waals surface area contributed by atoms with Crippen LogP contribution in [0.5, 0.6) is 17.2 Å². The largest absolute Gasteiger partial charge is 0.497 e. The van der Waals surface area contributed by atoms with Gasteiger partial charge in [0, 0.05) is 59.4 Å². The fraction of sp³-hybridized carbons (Fsp3) is 0.282. The molecule has 2 N–H and O–H groups in total. The van der Waals surface area contributed by atoms with Gasteiger partial charge in [0.25, 0.3) is 0 Å². The molecular formula is C39H40ClFN4O5. The summed E-state index contributed by atoms with van der Waals surface area (Å²) < 4.78 is 38.2. The average Bonchev–Trinajstić information content (AvgIpc) is 3.62. The first-order valence-electron chi connectivity index (χ1n) is 16.5. The number of rotatable bonds is 14. The van der Waals surface area contributed by atoms with Gasteiger partial charge in [0.05, 0.1) is 43.7 Å². The Balaban J connectivity index is 1.30. The molecule has 0 aliphatic carbocycles. The molecule has 260 valence electrons. The number of methoxy groups -OCH3 is 2. The van der Waals surface area contributed by atoms with Gasteiger partial charge in [-0.2, -0.15) is 5.10 Å². The lowest BCUT2D eigenvalue weighted by atomic mass is 9.98. The lowest BCUT2D eigenvalue weighted by molar-refractivity contribution is 0.0519.